The minimum absolute atomic E-state index is 0.134. The summed E-state index contributed by atoms with van der Waals surface area (Å²) in [4.78, 5) is 26.7. The number of benzene rings is 2. The highest BCUT2D eigenvalue weighted by Gasteiger charge is 2.35. The standard InChI is InChI=1S/C23H22INO6S/c1-4-10-31-21-16(24)12-15(13-19(21)29-3)14-20-22(26)25(23(27)32-20)9-11-30-18-8-6-5-7-17(18)28-2/h4-8,12-14H,1,9-11H2,2-3H3/b20-14-. The van der Waals surface area contributed by atoms with E-state index in [9.17, 15) is 9.59 Å². The molecule has 0 saturated carbocycles. The minimum atomic E-state index is -0.357. The number of carbonyl (C=O) groups is 2. The van der Waals surface area contributed by atoms with Gasteiger partial charge in [0.05, 0.1) is 29.2 Å². The molecule has 0 atom stereocenters. The quantitative estimate of drug-likeness (QED) is 0.228. The molecule has 3 rings (SSSR count). The van der Waals surface area contributed by atoms with Crippen molar-refractivity contribution in [3.8, 4) is 23.0 Å². The molecule has 2 aromatic carbocycles. The molecule has 1 saturated heterocycles. The van der Waals surface area contributed by atoms with E-state index in [1.807, 2.05) is 18.2 Å². The molecular formula is C23H22INO6S. The molecule has 0 radical (unpaired) electrons. The molecule has 1 aliphatic heterocycles. The second-order valence-electron chi connectivity index (χ2n) is 6.47. The molecule has 0 aliphatic carbocycles. The maximum absolute atomic E-state index is 12.8. The van der Waals surface area contributed by atoms with Gasteiger partial charge in [-0.2, -0.15) is 0 Å². The molecule has 7 nitrogen and oxygen atoms in total. The van der Waals surface area contributed by atoms with Crippen molar-refractivity contribution in [3.63, 3.8) is 0 Å². The van der Waals surface area contributed by atoms with E-state index in [1.165, 1.54) is 4.90 Å². The van der Waals surface area contributed by atoms with Crippen LogP contribution in [0.25, 0.3) is 6.08 Å². The number of amides is 2. The molecule has 168 valence electrons. The average Bonchev–Trinajstić information content (AvgIpc) is 3.05. The first-order chi connectivity index (χ1) is 15.5. The van der Waals surface area contributed by atoms with Gasteiger partial charge in [0.15, 0.2) is 23.0 Å². The van der Waals surface area contributed by atoms with E-state index < -0.39 is 0 Å². The second-order valence-corrected chi connectivity index (χ2v) is 8.62. The zero-order chi connectivity index (χ0) is 23.1. The predicted molar refractivity (Wildman–Crippen MR) is 133 cm³/mol. The number of methoxy groups -OCH3 is 2. The van der Waals surface area contributed by atoms with Gasteiger partial charge in [0.2, 0.25) is 0 Å². The van der Waals surface area contributed by atoms with Gasteiger partial charge >= 0.3 is 0 Å². The van der Waals surface area contributed by atoms with Gasteiger partial charge in [-0.05, 0) is 70.3 Å². The summed E-state index contributed by atoms with van der Waals surface area (Å²) in [7, 11) is 3.10. The third-order valence-electron chi connectivity index (χ3n) is 4.41. The van der Waals surface area contributed by atoms with Crippen LogP contribution in [0.1, 0.15) is 5.56 Å². The summed E-state index contributed by atoms with van der Waals surface area (Å²) in [5.74, 6) is 1.93. The van der Waals surface area contributed by atoms with Crippen LogP contribution in [0.2, 0.25) is 0 Å². The molecule has 1 fully saturated rings. The summed E-state index contributed by atoms with van der Waals surface area (Å²) < 4.78 is 22.8. The van der Waals surface area contributed by atoms with Gasteiger partial charge in [0.1, 0.15) is 13.2 Å². The molecule has 32 heavy (non-hydrogen) atoms. The van der Waals surface area contributed by atoms with Crippen LogP contribution in [0.4, 0.5) is 4.79 Å². The number of para-hydroxylation sites is 2. The van der Waals surface area contributed by atoms with Crippen molar-refractivity contribution in [2.45, 2.75) is 0 Å². The Morgan fingerprint density at radius 3 is 2.47 bits per heavy atom. The highest BCUT2D eigenvalue weighted by atomic mass is 127. The third-order valence-corrected chi connectivity index (χ3v) is 6.12. The lowest BCUT2D eigenvalue weighted by molar-refractivity contribution is -0.123. The van der Waals surface area contributed by atoms with E-state index in [2.05, 4.69) is 29.2 Å². The van der Waals surface area contributed by atoms with E-state index in [1.54, 1.807) is 44.6 Å². The lowest BCUT2D eigenvalue weighted by Gasteiger charge is -2.14. The Bertz CT molecular complexity index is 1050. The van der Waals surface area contributed by atoms with Crippen LogP contribution in [-0.4, -0.2) is 50.0 Å². The molecule has 0 N–H and O–H groups in total. The minimum Gasteiger partial charge on any atom is -0.493 e. The monoisotopic (exact) mass is 567 g/mol. The Labute approximate surface area is 204 Å². The molecule has 9 heteroatoms. The molecular weight excluding hydrogens is 545 g/mol. The van der Waals surface area contributed by atoms with Crippen LogP contribution >= 0.6 is 34.4 Å². The van der Waals surface area contributed by atoms with Crippen molar-refractivity contribution < 1.29 is 28.5 Å². The van der Waals surface area contributed by atoms with Crippen LogP contribution in [0.15, 0.2) is 54.0 Å². The summed E-state index contributed by atoms with van der Waals surface area (Å²) in [6.07, 6.45) is 3.32. The summed E-state index contributed by atoms with van der Waals surface area (Å²) in [5, 5.41) is -0.336. The first-order valence-corrected chi connectivity index (χ1v) is 11.5. The van der Waals surface area contributed by atoms with Crippen molar-refractivity contribution in [1.82, 2.24) is 4.90 Å². The van der Waals surface area contributed by atoms with Crippen molar-refractivity contribution in [1.29, 1.82) is 0 Å². The fourth-order valence-corrected chi connectivity index (χ4v) is 4.58. The lowest BCUT2D eigenvalue weighted by Crippen LogP contribution is -2.32. The Hall–Kier alpha value is -2.66. The summed E-state index contributed by atoms with van der Waals surface area (Å²) in [5.41, 5.74) is 0.730. The van der Waals surface area contributed by atoms with Gasteiger partial charge in [-0.25, -0.2) is 0 Å². The molecule has 2 aromatic rings. The average molecular weight is 567 g/mol. The van der Waals surface area contributed by atoms with Crippen molar-refractivity contribution >= 4 is 51.6 Å². The Balaban J connectivity index is 1.71. The van der Waals surface area contributed by atoms with Crippen LogP contribution in [0.3, 0.4) is 0 Å². The highest BCUT2D eigenvalue weighted by Crippen LogP contribution is 2.37. The van der Waals surface area contributed by atoms with E-state index >= 15 is 0 Å². The van der Waals surface area contributed by atoms with Crippen molar-refractivity contribution in [3.05, 3.63) is 63.1 Å². The van der Waals surface area contributed by atoms with Crippen LogP contribution < -0.4 is 18.9 Å². The van der Waals surface area contributed by atoms with E-state index in [4.69, 9.17) is 18.9 Å². The van der Waals surface area contributed by atoms with E-state index in [0.29, 0.717) is 34.5 Å². The van der Waals surface area contributed by atoms with Gasteiger partial charge < -0.3 is 18.9 Å². The van der Waals surface area contributed by atoms with Crippen LogP contribution in [0, 0.1) is 3.57 Å². The maximum Gasteiger partial charge on any atom is 0.293 e. The number of ether oxygens (including phenoxy) is 4. The fourth-order valence-electron chi connectivity index (χ4n) is 2.93. The van der Waals surface area contributed by atoms with E-state index in [0.717, 1.165) is 20.9 Å². The fraction of sp³-hybridized carbons (Fsp3) is 0.217. The molecule has 0 spiro atoms. The molecule has 0 unspecified atom stereocenters. The topological polar surface area (TPSA) is 74.3 Å². The van der Waals surface area contributed by atoms with Crippen LogP contribution in [-0.2, 0) is 4.79 Å². The first kappa shape index (κ1) is 24.0. The Kier molecular flexibility index (Phi) is 8.46. The van der Waals surface area contributed by atoms with Gasteiger partial charge in [-0.3, -0.25) is 14.5 Å². The number of hydrogen-bond donors (Lipinski definition) is 0. The first-order valence-electron chi connectivity index (χ1n) is 9.61. The largest absolute Gasteiger partial charge is 0.493 e. The lowest BCUT2D eigenvalue weighted by atomic mass is 10.2. The molecule has 2 amide bonds. The van der Waals surface area contributed by atoms with Gasteiger partial charge in [-0.15, -0.1) is 0 Å². The van der Waals surface area contributed by atoms with Crippen molar-refractivity contribution in [2.24, 2.45) is 0 Å². The SMILES string of the molecule is C=CCOc1c(I)cc(/C=C2\SC(=O)N(CCOc3ccccc3OC)C2=O)cc1OC. The van der Waals surface area contributed by atoms with Crippen molar-refractivity contribution in [2.75, 3.05) is 34.0 Å². The van der Waals surface area contributed by atoms with Gasteiger partial charge in [-0.1, -0.05) is 24.8 Å². The molecule has 1 aliphatic rings. The maximum atomic E-state index is 12.8. The zero-order valence-corrected chi connectivity index (χ0v) is 20.6. The second kappa shape index (κ2) is 11.3. The molecule has 1 heterocycles. The summed E-state index contributed by atoms with van der Waals surface area (Å²) in [6.45, 7) is 4.29. The summed E-state index contributed by atoms with van der Waals surface area (Å²) in [6, 6.07) is 10.8. The molecule has 0 bridgehead atoms. The number of rotatable bonds is 10. The highest BCUT2D eigenvalue weighted by molar-refractivity contribution is 14.1. The number of hydrogen-bond acceptors (Lipinski definition) is 7. The van der Waals surface area contributed by atoms with E-state index in [-0.39, 0.29) is 24.3 Å². The number of halogens is 1. The predicted octanol–water partition coefficient (Wildman–Crippen LogP) is 4.99. The third kappa shape index (κ3) is 5.57. The zero-order valence-electron chi connectivity index (χ0n) is 17.6. The Morgan fingerprint density at radius 1 is 1.06 bits per heavy atom. The summed E-state index contributed by atoms with van der Waals surface area (Å²) >= 11 is 3.04. The molecule has 0 aromatic heterocycles. The normalized spacial score (nSPS) is 14.6. The van der Waals surface area contributed by atoms with Gasteiger partial charge in [0.25, 0.3) is 11.1 Å². The number of nitrogens with zero attached hydrogens (tertiary/aromatic N) is 1. The Morgan fingerprint density at radius 2 is 1.78 bits per heavy atom. The number of carbonyl (C=O) groups excluding carboxylic acids is 2. The van der Waals surface area contributed by atoms with Gasteiger partial charge in [0, 0.05) is 0 Å². The van der Waals surface area contributed by atoms with Crippen LogP contribution in [0.5, 0.6) is 23.0 Å². The smallest absolute Gasteiger partial charge is 0.293 e. The number of imide groups is 1. The number of thioether (sulfide) groups is 1.